The number of hydrogen-bond acceptors (Lipinski definition) is 7. The number of nitro groups is 1. The van der Waals surface area contributed by atoms with Crippen LogP contribution in [0.2, 0.25) is 0 Å². The summed E-state index contributed by atoms with van der Waals surface area (Å²) in [5.41, 5.74) is 1.67. The van der Waals surface area contributed by atoms with E-state index >= 15 is 0 Å². The van der Waals surface area contributed by atoms with Gasteiger partial charge in [-0.05, 0) is 24.6 Å². The first kappa shape index (κ1) is 23.3. The number of benzene rings is 2. The quantitative estimate of drug-likeness (QED) is 0.349. The van der Waals surface area contributed by atoms with Crippen molar-refractivity contribution in [2.45, 2.75) is 24.6 Å². The molecule has 0 radical (unpaired) electrons. The SMILES string of the molecule is Cc1ccc(CNC(=O)C(=O)NC[C@@H]2OCCN2S(=O)(=O)c2ccc([N+](=O)[O-])cc2)cc1. The maximum Gasteiger partial charge on any atom is 0.309 e. The first-order valence-electron chi connectivity index (χ1n) is 9.68. The van der Waals surface area contributed by atoms with Gasteiger partial charge >= 0.3 is 11.8 Å². The Hall–Kier alpha value is -3.35. The summed E-state index contributed by atoms with van der Waals surface area (Å²) in [6.07, 6.45) is -1.01. The number of carbonyl (C=O) groups excluding carboxylic acids is 2. The fraction of sp³-hybridized carbons (Fsp3) is 0.300. The van der Waals surface area contributed by atoms with Gasteiger partial charge in [-0.2, -0.15) is 4.31 Å². The first-order chi connectivity index (χ1) is 15.2. The fourth-order valence-corrected chi connectivity index (χ4v) is 4.56. The molecule has 2 N–H and O–H groups in total. The zero-order chi connectivity index (χ0) is 23.3. The topological polar surface area (TPSA) is 148 Å². The second-order valence-corrected chi connectivity index (χ2v) is 8.96. The van der Waals surface area contributed by atoms with Crippen molar-refractivity contribution in [1.82, 2.24) is 14.9 Å². The molecule has 0 saturated carbocycles. The molecule has 1 atom stereocenters. The number of carbonyl (C=O) groups is 2. The van der Waals surface area contributed by atoms with Gasteiger partial charge in [-0.1, -0.05) is 29.8 Å². The predicted octanol–water partition coefficient (Wildman–Crippen LogP) is 0.683. The van der Waals surface area contributed by atoms with Gasteiger partial charge in [0.2, 0.25) is 10.0 Å². The molecule has 1 heterocycles. The Morgan fingerprint density at radius 1 is 1.09 bits per heavy atom. The average Bonchev–Trinajstić information content (AvgIpc) is 3.26. The van der Waals surface area contributed by atoms with E-state index in [0.29, 0.717) is 0 Å². The van der Waals surface area contributed by atoms with Crippen molar-refractivity contribution in [2.24, 2.45) is 0 Å². The zero-order valence-corrected chi connectivity index (χ0v) is 18.0. The second-order valence-electron chi connectivity index (χ2n) is 7.07. The van der Waals surface area contributed by atoms with E-state index in [9.17, 15) is 28.1 Å². The third kappa shape index (κ3) is 5.46. The fourth-order valence-electron chi connectivity index (χ4n) is 3.05. The molecule has 3 rings (SSSR count). The number of non-ortho nitro benzene ring substituents is 1. The Kier molecular flexibility index (Phi) is 7.18. The molecule has 1 saturated heterocycles. The molecule has 11 nitrogen and oxygen atoms in total. The second kappa shape index (κ2) is 9.85. The molecule has 0 bridgehead atoms. The van der Waals surface area contributed by atoms with E-state index in [4.69, 9.17) is 4.74 Å². The number of aryl methyl sites for hydroxylation is 1. The number of rotatable bonds is 7. The highest BCUT2D eigenvalue weighted by Crippen LogP contribution is 2.24. The molecule has 1 aliphatic heterocycles. The molecule has 2 aromatic carbocycles. The summed E-state index contributed by atoms with van der Waals surface area (Å²) in [4.78, 5) is 34.1. The molecule has 0 spiro atoms. The molecule has 12 heteroatoms. The van der Waals surface area contributed by atoms with E-state index in [2.05, 4.69) is 10.6 Å². The molecule has 2 amide bonds. The van der Waals surface area contributed by atoms with Gasteiger partial charge in [0, 0.05) is 25.2 Å². The summed E-state index contributed by atoms with van der Waals surface area (Å²) in [5.74, 6) is -1.77. The maximum absolute atomic E-state index is 12.9. The lowest BCUT2D eigenvalue weighted by Gasteiger charge is -2.22. The lowest BCUT2D eigenvalue weighted by Crippen LogP contribution is -2.47. The van der Waals surface area contributed by atoms with Gasteiger partial charge in [0.25, 0.3) is 5.69 Å². The monoisotopic (exact) mass is 462 g/mol. The van der Waals surface area contributed by atoms with Gasteiger partial charge in [-0.3, -0.25) is 19.7 Å². The highest BCUT2D eigenvalue weighted by Gasteiger charge is 2.36. The summed E-state index contributed by atoms with van der Waals surface area (Å²) in [7, 11) is -4.01. The molecule has 0 unspecified atom stereocenters. The molecule has 1 aliphatic rings. The minimum Gasteiger partial charge on any atom is -0.359 e. The van der Waals surface area contributed by atoms with Crippen LogP contribution in [0.5, 0.6) is 0 Å². The summed E-state index contributed by atoms with van der Waals surface area (Å²) in [6, 6.07) is 11.9. The Morgan fingerprint density at radius 2 is 1.72 bits per heavy atom. The zero-order valence-electron chi connectivity index (χ0n) is 17.2. The van der Waals surface area contributed by atoms with Gasteiger partial charge in [0.15, 0.2) is 0 Å². The average molecular weight is 462 g/mol. The minimum absolute atomic E-state index is 0.0411. The van der Waals surface area contributed by atoms with Gasteiger partial charge in [0.1, 0.15) is 6.23 Å². The summed E-state index contributed by atoms with van der Waals surface area (Å²) < 4.78 is 32.2. The van der Waals surface area contributed by atoms with Gasteiger partial charge in [0.05, 0.1) is 23.0 Å². The van der Waals surface area contributed by atoms with Gasteiger partial charge < -0.3 is 15.4 Å². The summed E-state index contributed by atoms with van der Waals surface area (Å²) in [5, 5.41) is 15.6. The third-order valence-electron chi connectivity index (χ3n) is 4.81. The molecule has 0 aliphatic carbocycles. The van der Waals surface area contributed by atoms with Crippen molar-refractivity contribution < 1.29 is 27.7 Å². The largest absolute Gasteiger partial charge is 0.359 e. The maximum atomic E-state index is 12.9. The minimum atomic E-state index is -4.01. The van der Waals surface area contributed by atoms with Crippen LogP contribution in [0.15, 0.2) is 53.4 Å². The van der Waals surface area contributed by atoms with E-state index in [1.807, 2.05) is 31.2 Å². The lowest BCUT2D eigenvalue weighted by atomic mass is 10.1. The normalized spacial score (nSPS) is 16.5. The van der Waals surface area contributed by atoms with Crippen LogP contribution in [0.1, 0.15) is 11.1 Å². The predicted molar refractivity (Wildman–Crippen MR) is 113 cm³/mol. The van der Waals surface area contributed by atoms with Crippen LogP contribution >= 0.6 is 0 Å². The highest BCUT2D eigenvalue weighted by molar-refractivity contribution is 7.89. The number of nitrogens with one attached hydrogen (secondary N) is 2. The van der Waals surface area contributed by atoms with Gasteiger partial charge in [-0.25, -0.2) is 8.42 Å². The van der Waals surface area contributed by atoms with Crippen LogP contribution in [0, 0.1) is 17.0 Å². The van der Waals surface area contributed by atoms with Crippen LogP contribution in [0.4, 0.5) is 5.69 Å². The number of amides is 2. The van der Waals surface area contributed by atoms with Crippen LogP contribution < -0.4 is 10.6 Å². The Labute approximate surface area is 184 Å². The van der Waals surface area contributed by atoms with Crippen LogP contribution in [-0.4, -0.2) is 55.4 Å². The van der Waals surface area contributed by atoms with Crippen molar-refractivity contribution in [1.29, 1.82) is 0 Å². The van der Waals surface area contributed by atoms with Crippen LogP contribution in [-0.2, 0) is 30.9 Å². The van der Waals surface area contributed by atoms with Gasteiger partial charge in [-0.15, -0.1) is 0 Å². The Morgan fingerprint density at radius 3 is 2.34 bits per heavy atom. The first-order valence-corrected chi connectivity index (χ1v) is 11.1. The summed E-state index contributed by atoms with van der Waals surface area (Å²) >= 11 is 0. The Bertz CT molecular complexity index is 1100. The molecule has 1 fully saturated rings. The number of hydrogen-bond donors (Lipinski definition) is 2. The van der Waals surface area contributed by atoms with Crippen LogP contribution in [0.3, 0.4) is 0 Å². The molecule has 0 aromatic heterocycles. The number of nitrogens with zero attached hydrogens (tertiary/aromatic N) is 2. The van der Waals surface area contributed by atoms with E-state index in [1.165, 1.54) is 0 Å². The molecule has 170 valence electrons. The smallest absolute Gasteiger partial charge is 0.309 e. The molecule has 2 aromatic rings. The van der Waals surface area contributed by atoms with E-state index < -0.39 is 33.0 Å². The molecular weight excluding hydrogens is 440 g/mol. The van der Waals surface area contributed by atoms with Crippen molar-refractivity contribution in [3.63, 3.8) is 0 Å². The van der Waals surface area contributed by atoms with E-state index in [-0.39, 0.29) is 36.8 Å². The van der Waals surface area contributed by atoms with Crippen LogP contribution in [0.25, 0.3) is 0 Å². The van der Waals surface area contributed by atoms with E-state index in [0.717, 1.165) is 39.7 Å². The van der Waals surface area contributed by atoms with Crippen molar-refractivity contribution in [3.05, 3.63) is 69.8 Å². The van der Waals surface area contributed by atoms with Crippen molar-refractivity contribution >= 4 is 27.5 Å². The number of nitro benzene ring substituents is 1. The summed E-state index contributed by atoms with van der Waals surface area (Å²) in [6.45, 7) is 2.02. The number of sulfonamides is 1. The van der Waals surface area contributed by atoms with Crippen molar-refractivity contribution in [2.75, 3.05) is 19.7 Å². The third-order valence-corrected chi connectivity index (χ3v) is 6.72. The standard InChI is InChI=1S/C20H22N4O7S/c1-14-2-4-15(5-3-14)12-21-19(25)20(26)22-13-18-23(10-11-31-18)32(29,30)17-8-6-16(7-9-17)24(27)28/h2-9,18H,10-13H2,1H3,(H,21,25)(H,22,26)/t18-/m0/s1. The lowest BCUT2D eigenvalue weighted by molar-refractivity contribution is -0.384. The molecular formula is C20H22N4O7S. The highest BCUT2D eigenvalue weighted by atomic mass is 32.2. The molecule has 32 heavy (non-hydrogen) atoms. The van der Waals surface area contributed by atoms with E-state index in [1.54, 1.807) is 0 Å². The van der Waals surface area contributed by atoms with Crippen molar-refractivity contribution in [3.8, 4) is 0 Å². The Balaban J connectivity index is 1.56. The number of ether oxygens (including phenoxy) is 1.